The smallest absolute Gasteiger partial charge is 0.320 e. The fourth-order valence-corrected chi connectivity index (χ4v) is 2.65. The van der Waals surface area contributed by atoms with E-state index in [1.807, 2.05) is 40.1 Å². The molecule has 2 fully saturated rings. The first-order chi connectivity index (χ1) is 9.84. The molecule has 2 heterocycles. The van der Waals surface area contributed by atoms with Crippen LogP contribution in [0.25, 0.3) is 0 Å². The van der Waals surface area contributed by atoms with E-state index in [2.05, 4.69) is 0 Å². The van der Waals surface area contributed by atoms with Crippen LogP contribution in [0.5, 0.6) is 0 Å². The molecule has 0 saturated carbocycles. The standard InChI is InChI=1S/C15H20N2O3/c18-15(16-6-9-19-10-7-16)17-8-11-20-14(12-17)13-4-2-1-3-5-13/h1-5,14H,6-12H2. The lowest BCUT2D eigenvalue weighted by molar-refractivity contribution is -0.0265. The molecule has 1 aromatic carbocycles. The van der Waals surface area contributed by atoms with Crippen molar-refractivity contribution in [2.45, 2.75) is 6.10 Å². The molecule has 2 saturated heterocycles. The molecule has 3 rings (SSSR count). The summed E-state index contributed by atoms with van der Waals surface area (Å²) in [7, 11) is 0. The minimum atomic E-state index is -0.0186. The molecule has 1 atom stereocenters. The Kier molecular flexibility index (Phi) is 4.18. The Balaban J connectivity index is 1.64. The second-order valence-electron chi connectivity index (χ2n) is 5.10. The number of ether oxygens (including phenoxy) is 2. The third-order valence-corrected chi connectivity index (χ3v) is 3.79. The largest absolute Gasteiger partial charge is 0.378 e. The normalized spacial score (nSPS) is 23.7. The van der Waals surface area contributed by atoms with Gasteiger partial charge in [-0.1, -0.05) is 30.3 Å². The van der Waals surface area contributed by atoms with Gasteiger partial charge in [-0.05, 0) is 5.56 Å². The Morgan fingerprint density at radius 1 is 1.00 bits per heavy atom. The zero-order valence-corrected chi connectivity index (χ0v) is 11.5. The molecule has 0 bridgehead atoms. The molecular formula is C15H20N2O3. The van der Waals surface area contributed by atoms with E-state index in [1.54, 1.807) is 0 Å². The number of carbonyl (C=O) groups is 1. The molecular weight excluding hydrogens is 256 g/mol. The van der Waals surface area contributed by atoms with Gasteiger partial charge in [-0.3, -0.25) is 0 Å². The van der Waals surface area contributed by atoms with E-state index >= 15 is 0 Å². The predicted octanol–water partition coefficient (Wildman–Crippen LogP) is 1.51. The highest BCUT2D eigenvalue weighted by atomic mass is 16.5. The Labute approximate surface area is 119 Å². The second kappa shape index (κ2) is 6.24. The highest BCUT2D eigenvalue weighted by molar-refractivity contribution is 5.74. The zero-order chi connectivity index (χ0) is 13.8. The number of urea groups is 1. The summed E-state index contributed by atoms with van der Waals surface area (Å²) in [4.78, 5) is 16.2. The maximum absolute atomic E-state index is 12.5. The molecule has 0 N–H and O–H groups in total. The van der Waals surface area contributed by atoms with Crippen LogP contribution in [0.2, 0.25) is 0 Å². The molecule has 2 aliphatic heterocycles. The number of hydrogen-bond donors (Lipinski definition) is 0. The molecule has 2 amide bonds. The van der Waals surface area contributed by atoms with Crippen LogP contribution < -0.4 is 0 Å². The molecule has 0 radical (unpaired) electrons. The van der Waals surface area contributed by atoms with Crippen molar-refractivity contribution >= 4 is 6.03 Å². The number of nitrogens with zero attached hydrogens (tertiary/aromatic N) is 2. The summed E-state index contributed by atoms with van der Waals surface area (Å²) in [5.41, 5.74) is 1.13. The van der Waals surface area contributed by atoms with Crippen LogP contribution in [0.3, 0.4) is 0 Å². The highest BCUT2D eigenvalue weighted by Gasteiger charge is 2.29. The summed E-state index contributed by atoms with van der Waals surface area (Å²) in [5.74, 6) is 0. The first-order valence-corrected chi connectivity index (χ1v) is 7.13. The van der Waals surface area contributed by atoms with Gasteiger partial charge < -0.3 is 19.3 Å². The predicted molar refractivity (Wildman–Crippen MR) is 74.5 cm³/mol. The SMILES string of the molecule is O=C(N1CCOCC1)N1CCOC(c2ccccc2)C1. The van der Waals surface area contributed by atoms with E-state index < -0.39 is 0 Å². The van der Waals surface area contributed by atoms with Gasteiger partial charge in [0.25, 0.3) is 0 Å². The van der Waals surface area contributed by atoms with Crippen molar-refractivity contribution in [1.82, 2.24) is 9.80 Å². The van der Waals surface area contributed by atoms with Crippen molar-refractivity contribution in [3.8, 4) is 0 Å². The molecule has 5 heteroatoms. The van der Waals surface area contributed by atoms with E-state index in [0.29, 0.717) is 46.0 Å². The quantitative estimate of drug-likeness (QED) is 0.781. The topological polar surface area (TPSA) is 42.0 Å². The van der Waals surface area contributed by atoms with Crippen LogP contribution in [-0.4, -0.2) is 61.8 Å². The second-order valence-corrected chi connectivity index (χ2v) is 5.10. The van der Waals surface area contributed by atoms with Crippen LogP contribution in [0.1, 0.15) is 11.7 Å². The summed E-state index contributed by atoms with van der Waals surface area (Å²) in [6.07, 6.45) is -0.0186. The van der Waals surface area contributed by atoms with Gasteiger partial charge in [0.1, 0.15) is 6.10 Å². The number of hydrogen-bond acceptors (Lipinski definition) is 3. The van der Waals surface area contributed by atoms with Gasteiger partial charge in [0.05, 0.1) is 26.4 Å². The Hall–Kier alpha value is -1.59. The number of amides is 2. The molecule has 108 valence electrons. The lowest BCUT2D eigenvalue weighted by atomic mass is 10.1. The Bertz CT molecular complexity index is 446. The van der Waals surface area contributed by atoms with Crippen LogP contribution in [0.4, 0.5) is 4.79 Å². The fourth-order valence-electron chi connectivity index (χ4n) is 2.65. The van der Waals surface area contributed by atoms with Crippen LogP contribution >= 0.6 is 0 Å². The molecule has 5 nitrogen and oxygen atoms in total. The third-order valence-electron chi connectivity index (χ3n) is 3.79. The summed E-state index contributed by atoms with van der Waals surface area (Å²) >= 11 is 0. The zero-order valence-electron chi connectivity index (χ0n) is 11.5. The molecule has 1 aromatic rings. The van der Waals surface area contributed by atoms with Gasteiger partial charge in [0.2, 0.25) is 0 Å². The molecule has 20 heavy (non-hydrogen) atoms. The number of morpholine rings is 2. The Morgan fingerprint density at radius 2 is 1.70 bits per heavy atom. The third kappa shape index (κ3) is 2.94. The van der Waals surface area contributed by atoms with Crippen molar-refractivity contribution < 1.29 is 14.3 Å². The van der Waals surface area contributed by atoms with Crippen LogP contribution in [-0.2, 0) is 9.47 Å². The first-order valence-electron chi connectivity index (χ1n) is 7.13. The van der Waals surface area contributed by atoms with Crippen LogP contribution in [0.15, 0.2) is 30.3 Å². The van der Waals surface area contributed by atoms with Crippen molar-refractivity contribution in [1.29, 1.82) is 0 Å². The number of benzene rings is 1. The first kappa shape index (κ1) is 13.4. The van der Waals surface area contributed by atoms with Gasteiger partial charge in [-0.2, -0.15) is 0 Å². The van der Waals surface area contributed by atoms with Gasteiger partial charge in [-0.15, -0.1) is 0 Å². The van der Waals surface area contributed by atoms with E-state index in [1.165, 1.54) is 0 Å². The van der Waals surface area contributed by atoms with Gasteiger partial charge in [0, 0.05) is 19.6 Å². The van der Waals surface area contributed by atoms with Crippen molar-refractivity contribution in [2.75, 3.05) is 46.0 Å². The van der Waals surface area contributed by atoms with Crippen molar-refractivity contribution in [3.05, 3.63) is 35.9 Å². The van der Waals surface area contributed by atoms with Crippen molar-refractivity contribution in [2.24, 2.45) is 0 Å². The minimum Gasteiger partial charge on any atom is -0.378 e. The van der Waals surface area contributed by atoms with E-state index in [9.17, 15) is 4.79 Å². The van der Waals surface area contributed by atoms with E-state index in [-0.39, 0.29) is 12.1 Å². The molecule has 0 aliphatic carbocycles. The van der Waals surface area contributed by atoms with Gasteiger partial charge >= 0.3 is 6.03 Å². The maximum atomic E-state index is 12.5. The van der Waals surface area contributed by atoms with Gasteiger partial charge in [0.15, 0.2) is 0 Å². The van der Waals surface area contributed by atoms with Crippen LogP contribution in [0, 0.1) is 0 Å². The maximum Gasteiger partial charge on any atom is 0.320 e. The fraction of sp³-hybridized carbons (Fsp3) is 0.533. The molecule has 0 aromatic heterocycles. The summed E-state index contributed by atoms with van der Waals surface area (Å²) in [5, 5.41) is 0. The lowest BCUT2D eigenvalue weighted by Gasteiger charge is -2.37. The summed E-state index contributed by atoms with van der Waals surface area (Å²) in [6, 6.07) is 10.2. The van der Waals surface area contributed by atoms with E-state index in [0.717, 1.165) is 5.56 Å². The van der Waals surface area contributed by atoms with Crippen molar-refractivity contribution in [3.63, 3.8) is 0 Å². The average Bonchev–Trinajstić information content (AvgIpc) is 2.56. The minimum absolute atomic E-state index is 0.0186. The molecule has 0 spiro atoms. The Morgan fingerprint density at radius 3 is 2.45 bits per heavy atom. The molecule has 2 aliphatic rings. The summed E-state index contributed by atoms with van der Waals surface area (Å²) < 4.78 is 11.1. The monoisotopic (exact) mass is 276 g/mol. The lowest BCUT2D eigenvalue weighted by Crippen LogP contribution is -2.51. The summed E-state index contributed by atoms with van der Waals surface area (Å²) in [6.45, 7) is 4.53. The number of carbonyl (C=O) groups excluding carboxylic acids is 1. The number of rotatable bonds is 1. The molecule has 1 unspecified atom stereocenters. The average molecular weight is 276 g/mol. The van der Waals surface area contributed by atoms with Gasteiger partial charge in [-0.25, -0.2) is 4.79 Å². The highest BCUT2D eigenvalue weighted by Crippen LogP contribution is 2.22. The van der Waals surface area contributed by atoms with E-state index in [4.69, 9.17) is 9.47 Å².